The van der Waals surface area contributed by atoms with Crippen molar-refractivity contribution in [3.05, 3.63) is 53.9 Å². The molecule has 1 saturated carbocycles. The number of aliphatic imine (C=N–C) groups is 1. The van der Waals surface area contributed by atoms with Gasteiger partial charge in [-0.05, 0) is 30.2 Å². The molecular formula is C21H30IN5. The van der Waals surface area contributed by atoms with Crippen LogP contribution in [-0.2, 0) is 13.1 Å². The molecule has 2 heterocycles. The van der Waals surface area contributed by atoms with Crippen molar-refractivity contribution in [3.8, 4) is 0 Å². The summed E-state index contributed by atoms with van der Waals surface area (Å²) < 4.78 is 2.00. The molecule has 6 heteroatoms. The average Bonchev–Trinajstić information content (AvgIpc) is 3.30. The number of nitrogens with one attached hydrogen (secondary N) is 1. The monoisotopic (exact) mass is 479 g/mol. The van der Waals surface area contributed by atoms with Gasteiger partial charge in [0.2, 0.25) is 0 Å². The molecule has 1 aliphatic carbocycles. The first-order valence-corrected chi connectivity index (χ1v) is 9.82. The van der Waals surface area contributed by atoms with Crippen LogP contribution in [-0.4, -0.2) is 40.8 Å². The van der Waals surface area contributed by atoms with Crippen molar-refractivity contribution < 1.29 is 0 Å². The molecule has 2 fully saturated rings. The van der Waals surface area contributed by atoms with Crippen LogP contribution in [0.15, 0.2) is 47.7 Å². The minimum Gasteiger partial charge on any atom is -0.352 e. The van der Waals surface area contributed by atoms with Crippen LogP contribution in [0.25, 0.3) is 0 Å². The van der Waals surface area contributed by atoms with Gasteiger partial charge in [-0.1, -0.05) is 43.2 Å². The topological polar surface area (TPSA) is 45.5 Å². The molecule has 1 aromatic carbocycles. The number of fused-ring (bicyclic) bond motifs is 1. The Kier molecular flexibility index (Phi) is 7.15. The summed E-state index contributed by atoms with van der Waals surface area (Å²) in [6, 6.07) is 10.4. The number of aromatic nitrogens is 2. The predicted octanol–water partition coefficient (Wildman–Crippen LogP) is 3.75. The van der Waals surface area contributed by atoms with E-state index >= 15 is 0 Å². The second-order valence-electron chi connectivity index (χ2n) is 7.64. The standard InChI is InChI=1S/C21H29N5.HI/c1-22-21(25-15-19-9-5-6-10-20(19)16-25)23-11-18-12-24-26(14-18)13-17-7-3-2-4-8-17;/h2-4,7-8,12,14,19-20H,5-6,9-11,13,15-16H2,1H3,(H,22,23);1H. The molecule has 5 nitrogen and oxygen atoms in total. The number of hydrogen-bond donors (Lipinski definition) is 1. The lowest BCUT2D eigenvalue weighted by molar-refractivity contribution is 0.299. The van der Waals surface area contributed by atoms with Gasteiger partial charge in [0, 0.05) is 38.4 Å². The lowest BCUT2D eigenvalue weighted by Crippen LogP contribution is -2.39. The molecule has 1 aromatic heterocycles. The van der Waals surface area contributed by atoms with Crippen LogP contribution >= 0.6 is 24.0 Å². The lowest BCUT2D eigenvalue weighted by Gasteiger charge is -2.22. The van der Waals surface area contributed by atoms with Crippen LogP contribution in [0, 0.1) is 11.8 Å². The molecule has 0 spiro atoms. The minimum atomic E-state index is 0. The molecule has 1 saturated heterocycles. The van der Waals surface area contributed by atoms with Gasteiger partial charge in [0.15, 0.2) is 5.96 Å². The fourth-order valence-electron chi connectivity index (χ4n) is 4.45. The molecule has 0 amide bonds. The maximum absolute atomic E-state index is 4.52. The Hall–Kier alpha value is -1.57. The molecule has 146 valence electrons. The molecule has 2 unspecified atom stereocenters. The molecule has 1 aliphatic heterocycles. The summed E-state index contributed by atoms with van der Waals surface area (Å²) >= 11 is 0. The van der Waals surface area contributed by atoms with Crippen molar-refractivity contribution in [2.75, 3.05) is 20.1 Å². The predicted molar refractivity (Wildman–Crippen MR) is 120 cm³/mol. The number of likely N-dealkylation sites (tertiary alicyclic amines) is 1. The summed E-state index contributed by atoms with van der Waals surface area (Å²) in [5.41, 5.74) is 2.46. The third-order valence-corrected chi connectivity index (χ3v) is 5.81. The highest BCUT2D eigenvalue weighted by molar-refractivity contribution is 14.0. The SMILES string of the molecule is CN=C(NCc1cnn(Cc2ccccc2)c1)N1CC2CCCCC2C1.I. The fourth-order valence-corrected chi connectivity index (χ4v) is 4.45. The lowest BCUT2D eigenvalue weighted by atomic mass is 9.82. The van der Waals surface area contributed by atoms with Crippen molar-refractivity contribution in [2.24, 2.45) is 16.8 Å². The molecule has 1 N–H and O–H groups in total. The van der Waals surface area contributed by atoms with Crippen LogP contribution in [0.1, 0.15) is 36.8 Å². The van der Waals surface area contributed by atoms with E-state index in [0.717, 1.165) is 44.0 Å². The van der Waals surface area contributed by atoms with E-state index in [-0.39, 0.29) is 24.0 Å². The maximum Gasteiger partial charge on any atom is 0.193 e. The third-order valence-electron chi connectivity index (χ3n) is 5.81. The molecule has 0 radical (unpaired) electrons. The summed E-state index contributed by atoms with van der Waals surface area (Å²) in [4.78, 5) is 6.98. The first-order valence-electron chi connectivity index (χ1n) is 9.82. The number of nitrogens with zero attached hydrogens (tertiary/aromatic N) is 4. The maximum atomic E-state index is 4.52. The van der Waals surface area contributed by atoms with Gasteiger partial charge >= 0.3 is 0 Å². The number of hydrogen-bond acceptors (Lipinski definition) is 2. The molecule has 2 atom stereocenters. The summed E-state index contributed by atoms with van der Waals surface area (Å²) in [6.07, 6.45) is 9.67. The Morgan fingerprint density at radius 1 is 1.11 bits per heavy atom. The second-order valence-corrected chi connectivity index (χ2v) is 7.64. The van der Waals surface area contributed by atoms with Crippen LogP contribution in [0.4, 0.5) is 0 Å². The van der Waals surface area contributed by atoms with E-state index < -0.39 is 0 Å². The summed E-state index contributed by atoms with van der Waals surface area (Å²) in [5, 5.41) is 8.03. The van der Waals surface area contributed by atoms with E-state index in [1.807, 2.05) is 24.0 Å². The zero-order valence-electron chi connectivity index (χ0n) is 16.1. The zero-order valence-corrected chi connectivity index (χ0v) is 18.4. The largest absolute Gasteiger partial charge is 0.352 e. The van der Waals surface area contributed by atoms with Gasteiger partial charge in [0.1, 0.15) is 0 Å². The van der Waals surface area contributed by atoms with Crippen molar-refractivity contribution in [1.29, 1.82) is 0 Å². The Morgan fingerprint density at radius 3 is 2.48 bits per heavy atom. The summed E-state index contributed by atoms with van der Waals surface area (Å²) in [7, 11) is 1.89. The van der Waals surface area contributed by atoms with E-state index in [4.69, 9.17) is 0 Å². The van der Waals surface area contributed by atoms with E-state index in [0.29, 0.717) is 0 Å². The van der Waals surface area contributed by atoms with Gasteiger partial charge in [0.05, 0.1) is 12.7 Å². The van der Waals surface area contributed by atoms with Crippen molar-refractivity contribution >= 4 is 29.9 Å². The molecular weight excluding hydrogens is 449 g/mol. The van der Waals surface area contributed by atoms with Crippen LogP contribution in [0.2, 0.25) is 0 Å². The van der Waals surface area contributed by atoms with E-state index in [9.17, 15) is 0 Å². The average molecular weight is 479 g/mol. The fraction of sp³-hybridized carbons (Fsp3) is 0.524. The summed E-state index contributed by atoms with van der Waals surface area (Å²) in [5.74, 6) is 2.78. The van der Waals surface area contributed by atoms with Gasteiger partial charge in [-0.25, -0.2) is 0 Å². The highest BCUT2D eigenvalue weighted by Gasteiger charge is 2.35. The van der Waals surface area contributed by atoms with Gasteiger partial charge in [-0.15, -0.1) is 24.0 Å². The normalized spacial score (nSPS) is 22.3. The number of rotatable bonds is 4. The van der Waals surface area contributed by atoms with Crippen molar-refractivity contribution in [2.45, 2.75) is 38.8 Å². The number of halogens is 1. The van der Waals surface area contributed by atoms with Gasteiger partial charge in [-0.3, -0.25) is 9.67 Å². The number of benzene rings is 1. The Labute approximate surface area is 179 Å². The first kappa shape index (κ1) is 20.2. The van der Waals surface area contributed by atoms with Gasteiger partial charge in [-0.2, -0.15) is 5.10 Å². The smallest absolute Gasteiger partial charge is 0.193 e. The molecule has 27 heavy (non-hydrogen) atoms. The van der Waals surface area contributed by atoms with Crippen LogP contribution in [0.3, 0.4) is 0 Å². The Morgan fingerprint density at radius 2 is 1.81 bits per heavy atom. The molecule has 0 bridgehead atoms. The highest BCUT2D eigenvalue weighted by Crippen LogP contribution is 2.35. The van der Waals surface area contributed by atoms with Crippen LogP contribution in [0.5, 0.6) is 0 Å². The van der Waals surface area contributed by atoms with E-state index in [1.165, 1.54) is 36.8 Å². The first-order chi connectivity index (χ1) is 12.8. The summed E-state index contributed by atoms with van der Waals surface area (Å²) in [6.45, 7) is 3.91. The van der Waals surface area contributed by atoms with E-state index in [1.54, 1.807) is 0 Å². The quantitative estimate of drug-likeness (QED) is 0.413. The Balaban J connectivity index is 0.00000210. The molecule has 4 rings (SSSR count). The zero-order chi connectivity index (χ0) is 17.8. The van der Waals surface area contributed by atoms with Crippen LogP contribution < -0.4 is 5.32 Å². The van der Waals surface area contributed by atoms with Gasteiger partial charge in [0.25, 0.3) is 0 Å². The van der Waals surface area contributed by atoms with E-state index in [2.05, 4.69) is 50.8 Å². The molecule has 2 aromatic rings. The third kappa shape index (κ3) is 5.03. The van der Waals surface area contributed by atoms with Crippen molar-refractivity contribution in [3.63, 3.8) is 0 Å². The number of guanidine groups is 1. The highest BCUT2D eigenvalue weighted by atomic mass is 127. The molecule has 2 aliphatic rings. The minimum absolute atomic E-state index is 0. The van der Waals surface area contributed by atoms with Crippen molar-refractivity contribution in [1.82, 2.24) is 20.0 Å². The Bertz CT molecular complexity index is 728. The second kappa shape index (κ2) is 9.57. The van der Waals surface area contributed by atoms with Gasteiger partial charge < -0.3 is 10.2 Å².